The summed E-state index contributed by atoms with van der Waals surface area (Å²) in [6.07, 6.45) is 3.70. The first-order valence-corrected chi connectivity index (χ1v) is 5.15. The Morgan fingerprint density at radius 3 is 2.53 bits per heavy atom. The molecule has 0 fully saturated rings. The van der Waals surface area contributed by atoms with Crippen LogP contribution in [-0.2, 0) is 13.1 Å². The van der Waals surface area contributed by atoms with Crippen LogP contribution < -0.4 is 5.32 Å². The van der Waals surface area contributed by atoms with Crippen LogP contribution in [0.1, 0.15) is 11.1 Å². The van der Waals surface area contributed by atoms with Crippen LogP contribution in [0, 0.1) is 0 Å². The van der Waals surface area contributed by atoms with Crippen molar-refractivity contribution in [2.24, 2.45) is 0 Å². The molecular weight excluding hydrogens is 210 g/mol. The topological polar surface area (TPSA) is 40.7 Å². The number of benzene rings is 1. The molecule has 1 heterocycles. The van der Waals surface area contributed by atoms with E-state index in [0.29, 0.717) is 0 Å². The molecule has 0 aliphatic carbocycles. The lowest BCUT2D eigenvalue weighted by Gasteiger charge is -2.03. The maximum atomic E-state index is 5.79. The zero-order valence-electron chi connectivity index (χ0n) is 8.20. The lowest BCUT2D eigenvalue weighted by Crippen LogP contribution is -2.11. The molecule has 0 bridgehead atoms. The van der Waals surface area contributed by atoms with E-state index in [-0.39, 0.29) is 0 Å². The maximum Gasteiger partial charge on any atom is 0.0532 e. The van der Waals surface area contributed by atoms with Gasteiger partial charge in [-0.2, -0.15) is 5.10 Å². The zero-order chi connectivity index (χ0) is 10.5. The van der Waals surface area contributed by atoms with Crippen molar-refractivity contribution in [3.05, 3.63) is 52.8 Å². The summed E-state index contributed by atoms with van der Waals surface area (Å²) >= 11 is 5.79. The van der Waals surface area contributed by atoms with Gasteiger partial charge >= 0.3 is 0 Å². The van der Waals surface area contributed by atoms with E-state index in [0.717, 1.165) is 23.7 Å². The van der Waals surface area contributed by atoms with Gasteiger partial charge in [-0.25, -0.2) is 0 Å². The number of hydrogen-bond acceptors (Lipinski definition) is 2. The Morgan fingerprint density at radius 1 is 1.13 bits per heavy atom. The fourth-order valence-electron chi connectivity index (χ4n) is 1.33. The Bertz CT molecular complexity index is 394. The summed E-state index contributed by atoms with van der Waals surface area (Å²) in [5, 5.41) is 10.7. The maximum absolute atomic E-state index is 5.79. The Labute approximate surface area is 93.5 Å². The highest BCUT2D eigenvalue weighted by Gasteiger charge is 1.95. The minimum Gasteiger partial charge on any atom is -0.309 e. The van der Waals surface area contributed by atoms with Gasteiger partial charge in [-0.15, -0.1) is 0 Å². The van der Waals surface area contributed by atoms with Crippen LogP contribution in [-0.4, -0.2) is 10.2 Å². The van der Waals surface area contributed by atoms with Crippen LogP contribution in [0.4, 0.5) is 0 Å². The Kier molecular flexibility index (Phi) is 3.37. The molecule has 0 aliphatic rings. The van der Waals surface area contributed by atoms with E-state index in [9.17, 15) is 0 Å². The second-order valence-electron chi connectivity index (χ2n) is 3.34. The predicted molar refractivity (Wildman–Crippen MR) is 60.6 cm³/mol. The average molecular weight is 222 g/mol. The van der Waals surface area contributed by atoms with Gasteiger partial charge in [0.2, 0.25) is 0 Å². The van der Waals surface area contributed by atoms with E-state index >= 15 is 0 Å². The first kappa shape index (κ1) is 10.2. The number of halogens is 1. The second kappa shape index (κ2) is 4.96. The smallest absolute Gasteiger partial charge is 0.0532 e. The van der Waals surface area contributed by atoms with Crippen LogP contribution in [0.5, 0.6) is 0 Å². The quantitative estimate of drug-likeness (QED) is 0.832. The first-order valence-electron chi connectivity index (χ1n) is 4.77. The highest BCUT2D eigenvalue weighted by Crippen LogP contribution is 2.09. The molecular formula is C11H12ClN3. The van der Waals surface area contributed by atoms with Gasteiger partial charge in [0.15, 0.2) is 0 Å². The normalized spacial score (nSPS) is 10.5. The number of nitrogens with zero attached hydrogens (tertiary/aromatic N) is 1. The highest BCUT2D eigenvalue weighted by molar-refractivity contribution is 6.30. The van der Waals surface area contributed by atoms with E-state index in [1.54, 1.807) is 0 Å². The molecule has 1 aromatic carbocycles. The fraction of sp³-hybridized carbons (Fsp3) is 0.182. The molecule has 3 nitrogen and oxygen atoms in total. The third kappa shape index (κ3) is 3.08. The molecule has 0 unspecified atom stereocenters. The van der Waals surface area contributed by atoms with Gasteiger partial charge < -0.3 is 5.32 Å². The number of H-pyrrole nitrogens is 1. The number of rotatable bonds is 4. The second-order valence-corrected chi connectivity index (χ2v) is 3.77. The van der Waals surface area contributed by atoms with Crippen molar-refractivity contribution < 1.29 is 0 Å². The SMILES string of the molecule is Clc1ccc(CNCc2cn[nH]c2)cc1. The third-order valence-electron chi connectivity index (χ3n) is 2.13. The largest absolute Gasteiger partial charge is 0.309 e. The minimum absolute atomic E-state index is 0.772. The lowest BCUT2D eigenvalue weighted by atomic mass is 10.2. The van der Waals surface area contributed by atoms with Gasteiger partial charge in [0.05, 0.1) is 6.20 Å². The Morgan fingerprint density at radius 2 is 1.87 bits per heavy atom. The molecule has 0 amide bonds. The summed E-state index contributed by atoms with van der Waals surface area (Å²) in [4.78, 5) is 0. The molecule has 0 atom stereocenters. The van der Waals surface area contributed by atoms with Gasteiger partial charge in [0.25, 0.3) is 0 Å². The van der Waals surface area contributed by atoms with E-state index in [1.807, 2.05) is 36.7 Å². The number of aromatic nitrogens is 2. The summed E-state index contributed by atoms with van der Waals surface area (Å²) in [5.41, 5.74) is 2.38. The van der Waals surface area contributed by atoms with Crippen LogP contribution >= 0.6 is 11.6 Å². The van der Waals surface area contributed by atoms with Crippen molar-refractivity contribution in [3.8, 4) is 0 Å². The lowest BCUT2D eigenvalue weighted by molar-refractivity contribution is 0.694. The number of aromatic amines is 1. The van der Waals surface area contributed by atoms with Gasteiger partial charge in [0, 0.05) is 29.9 Å². The van der Waals surface area contributed by atoms with E-state index in [1.165, 1.54) is 5.56 Å². The molecule has 1 aromatic heterocycles. The van der Waals surface area contributed by atoms with Crippen molar-refractivity contribution in [2.75, 3.05) is 0 Å². The third-order valence-corrected chi connectivity index (χ3v) is 2.38. The highest BCUT2D eigenvalue weighted by atomic mass is 35.5. The molecule has 0 radical (unpaired) electrons. The number of nitrogens with one attached hydrogen (secondary N) is 2. The van der Waals surface area contributed by atoms with E-state index in [4.69, 9.17) is 11.6 Å². The minimum atomic E-state index is 0.772. The molecule has 15 heavy (non-hydrogen) atoms. The Balaban J connectivity index is 1.81. The van der Waals surface area contributed by atoms with Crippen LogP contribution in [0.2, 0.25) is 5.02 Å². The van der Waals surface area contributed by atoms with Crippen LogP contribution in [0.25, 0.3) is 0 Å². The summed E-state index contributed by atoms with van der Waals surface area (Å²) in [6.45, 7) is 1.65. The molecule has 78 valence electrons. The van der Waals surface area contributed by atoms with Gasteiger partial charge in [-0.1, -0.05) is 23.7 Å². The zero-order valence-corrected chi connectivity index (χ0v) is 8.96. The van der Waals surface area contributed by atoms with E-state index in [2.05, 4.69) is 15.5 Å². The van der Waals surface area contributed by atoms with Crippen LogP contribution in [0.3, 0.4) is 0 Å². The summed E-state index contributed by atoms with van der Waals surface area (Å²) in [6, 6.07) is 7.84. The van der Waals surface area contributed by atoms with E-state index < -0.39 is 0 Å². The average Bonchev–Trinajstić information content (AvgIpc) is 2.74. The molecule has 2 aromatic rings. The summed E-state index contributed by atoms with van der Waals surface area (Å²) in [5.74, 6) is 0. The van der Waals surface area contributed by atoms with Gasteiger partial charge in [-0.3, -0.25) is 5.10 Å². The Hall–Kier alpha value is -1.32. The predicted octanol–water partition coefficient (Wildman–Crippen LogP) is 2.35. The van der Waals surface area contributed by atoms with Gasteiger partial charge in [0.1, 0.15) is 0 Å². The van der Waals surface area contributed by atoms with Crippen molar-refractivity contribution in [3.63, 3.8) is 0 Å². The van der Waals surface area contributed by atoms with Crippen molar-refractivity contribution in [2.45, 2.75) is 13.1 Å². The van der Waals surface area contributed by atoms with Crippen LogP contribution in [0.15, 0.2) is 36.7 Å². The molecule has 0 spiro atoms. The molecule has 0 saturated carbocycles. The molecule has 0 saturated heterocycles. The fourth-order valence-corrected chi connectivity index (χ4v) is 1.45. The number of hydrogen-bond donors (Lipinski definition) is 2. The van der Waals surface area contributed by atoms with Crippen molar-refractivity contribution in [1.82, 2.24) is 15.5 Å². The van der Waals surface area contributed by atoms with Crippen molar-refractivity contribution >= 4 is 11.6 Å². The molecule has 2 rings (SSSR count). The molecule has 0 aliphatic heterocycles. The molecule has 2 N–H and O–H groups in total. The molecule has 4 heteroatoms. The monoisotopic (exact) mass is 221 g/mol. The first-order chi connectivity index (χ1) is 7.34. The van der Waals surface area contributed by atoms with Gasteiger partial charge in [-0.05, 0) is 17.7 Å². The summed E-state index contributed by atoms with van der Waals surface area (Å²) < 4.78 is 0. The summed E-state index contributed by atoms with van der Waals surface area (Å²) in [7, 11) is 0. The standard InChI is InChI=1S/C11H12ClN3/c12-11-3-1-9(2-4-11)5-13-6-10-7-14-15-8-10/h1-4,7-8,13H,5-6H2,(H,14,15). The van der Waals surface area contributed by atoms with Crippen molar-refractivity contribution in [1.29, 1.82) is 0 Å².